The van der Waals surface area contributed by atoms with Gasteiger partial charge in [0, 0.05) is 23.9 Å². The van der Waals surface area contributed by atoms with Gasteiger partial charge < -0.3 is 24.8 Å². The van der Waals surface area contributed by atoms with Gasteiger partial charge in [-0.15, -0.1) is 0 Å². The molecule has 3 N–H and O–H groups in total. The first kappa shape index (κ1) is 43.9. The van der Waals surface area contributed by atoms with Crippen molar-refractivity contribution in [1.82, 2.24) is 24.8 Å². The van der Waals surface area contributed by atoms with Crippen molar-refractivity contribution in [3.05, 3.63) is 42.4 Å². The Kier molecular flexibility index (Phi) is 11.7. The predicted octanol–water partition coefficient (Wildman–Crippen LogP) is 5.70. The fourth-order valence-corrected chi connectivity index (χ4v) is 9.56. The van der Waals surface area contributed by atoms with Crippen LogP contribution >= 0.6 is 0 Å². The third-order valence-corrected chi connectivity index (χ3v) is 14.5. The average Bonchev–Trinajstić information content (AvgIpc) is 4.02. The number of pyridine rings is 1. The number of nitrogens with zero attached hydrogens (tertiary/aromatic N) is 3. The van der Waals surface area contributed by atoms with E-state index in [-0.39, 0.29) is 53.7 Å². The maximum atomic E-state index is 15.1. The number of sulfonamides is 1. The molecule has 0 radical (unpaired) electrons. The SMILES string of the molecule is CCOc1cc2ccnc(O[C@@H]3C[C@H]4C(=O)N[C@]5(C(=O)NS(=O)(=O)C6(C)CC6)C[C@H]5C=CCC[C@@H](C)C[C@@H](C)[C@H](N(C(=O)O)C(C)(C)C(F)(F)F)C(=O)N4C3)c2cc1F. The van der Waals surface area contributed by atoms with Crippen LogP contribution in [0.15, 0.2) is 36.5 Å². The highest BCUT2D eigenvalue weighted by Gasteiger charge is 2.64. The quantitative estimate of drug-likeness (QED) is 0.209. The van der Waals surface area contributed by atoms with Gasteiger partial charge >= 0.3 is 12.3 Å². The third kappa shape index (κ3) is 8.40. The van der Waals surface area contributed by atoms with Gasteiger partial charge in [-0.05, 0) is 102 Å². The van der Waals surface area contributed by atoms with Gasteiger partial charge in [0.05, 0.1) is 17.9 Å². The van der Waals surface area contributed by atoms with E-state index in [9.17, 15) is 45.9 Å². The number of carbonyl (C=O) groups excluding carboxylic acids is 3. The molecule has 14 nitrogen and oxygen atoms in total. The minimum absolute atomic E-state index is 0.0179. The van der Waals surface area contributed by atoms with Crippen LogP contribution in [0.4, 0.5) is 22.4 Å². The highest BCUT2D eigenvalue weighted by atomic mass is 32.2. The summed E-state index contributed by atoms with van der Waals surface area (Å²) in [4.78, 5) is 61.7. The van der Waals surface area contributed by atoms with Crippen LogP contribution in [0.5, 0.6) is 11.6 Å². The van der Waals surface area contributed by atoms with E-state index in [1.807, 2.05) is 6.92 Å². The molecule has 1 aromatic heterocycles. The summed E-state index contributed by atoms with van der Waals surface area (Å²) in [7, 11) is -4.15. The first-order valence-electron chi connectivity index (χ1n) is 19.8. The van der Waals surface area contributed by atoms with Crippen LogP contribution in [-0.2, 0) is 24.4 Å². The van der Waals surface area contributed by atoms with E-state index in [1.165, 1.54) is 26.1 Å². The largest absolute Gasteiger partial charge is 0.491 e. The second-order valence-electron chi connectivity index (χ2n) is 17.2. The molecule has 2 aromatic rings. The van der Waals surface area contributed by atoms with Crippen LogP contribution in [0.2, 0.25) is 0 Å². The maximum Gasteiger partial charge on any atom is 0.411 e. The Morgan fingerprint density at radius 2 is 1.85 bits per heavy atom. The molecule has 2 aliphatic carbocycles. The van der Waals surface area contributed by atoms with Crippen molar-refractivity contribution in [3.63, 3.8) is 0 Å². The van der Waals surface area contributed by atoms with E-state index in [1.54, 1.807) is 25.1 Å². The van der Waals surface area contributed by atoms with E-state index in [2.05, 4.69) is 15.0 Å². The van der Waals surface area contributed by atoms with E-state index in [0.29, 0.717) is 44.9 Å². The smallest absolute Gasteiger partial charge is 0.411 e. The Hall–Kier alpha value is -4.68. The van der Waals surface area contributed by atoms with Gasteiger partial charge in [-0.25, -0.2) is 22.6 Å². The van der Waals surface area contributed by atoms with Crippen LogP contribution in [-0.4, -0.2) is 105 Å². The molecule has 19 heteroatoms. The summed E-state index contributed by atoms with van der Waals surface area (Å²) < 4.78 is 98.1. The van der Waals surface area contributed by atoms with Gasteiger partial charge in [-0.1, -0.05) is 26.0 Å². The molecule has 7 atom stereocenters. The number of alkyl halides is 3. The lowest BCUT2D eigenvalue weighted by Gasteiger charge is -2.45. The average molecular weight is 854 g/mol. The van der Waals surface area contributed by atoms with Gasteiger partial charge in [0.25, 0.3) is 5.91 Å². The number of amides is 4. The van der Waals surface area contributed by atoms with Crippen LogP contribution < -0.4 is 19.5 Å². The number of ether oxygens (including phenoxy) is 2. The van der Waals surface area contributed by atoms with Crippen LogP contribution in [0.25, 0.3) is 10.8 Å². The Balaban J connectivity index is 1.42. The number of carboxylic acid groups (broad SMARTS) is 1. The lowest BCUT2D eigenvalue weighted by Crippen LogP contribution is -2.66. The topological polar surface area (TPSA) is 185 Å². The van der Waals surface area contributed by atoms with Crippen molar-refractivity contribution in [2.24, 2.45) is 17.8 Å². The molecule has 2 saturated carbocycles. The van der Waals surface area contributed by atoms with Crippen LogP contribution in [0.1, 0.15) is 86.5 Å². The van der Waals surface area contributed by atoms with Crippen molar-refractivity contribution in [3.8, 4) is 11.6 Å². The predicted molar refractivity (Wildman–Crippen MR) is 206 cm³/mol. The number of nitrogens with one attached hydrogen (secondary N) is 2. The standard InChI is InChI=1S/C40H51F4N5O9S/c1-7-57-30-17-24-12-15-45-33(27(24)19-28(30)41)58-26-18-29-32(50)46-39(35(52)47-59(55,56)38(6)13-14-38)20-25(39)11-9-8-10-22(2)16-23(3)31(34(51)48(29)21-26)49(36(53)54)37(4,5)40(42,43)44/h9,11-12,15,17,19,22-23,25-26,29,31H,7-8,10,13-14,16,18,20-21H2,1-6H3,(H,46,50)(H,47,52)(H,53,54)/t22-,23-,25-,26-,29+,31+,39-/m1/s1. The van der Waals surface area contributed by atoms with Crippen molar-refractivity contribution >= 4 is 44.6 Å². The van der Waals surface area contributed by atoms with E-state index in [0.717, 1.165) is 11.0 Å². The molecular formula is C40H51F4N5O9S. The molecule has 0 bridgehead atoms. The number of allylic oxidation sites excluding steroid dienone is 1. The normalized spacial score (nSPS) is 28.7. The number of rotatable bonds is 9. The lowest BCUT2D eigenvalue weighted by atomic mass is 9.85. The van der Waals surface area contributed by atoms with Crippen molar-refractivity contribution in [1.29, 1.82) is 0 Å². The molecule has 4 amide bonds. The number of carbonyl (C=O) groups is 4. The number of fused-ring (bicyclic) bond motifs is 3. The van der Waals surface area contributed by atoms with Crippen molar-refractivity contribution in [2.75, 3.05) is 13.2 Å². The molecule has 3 fully saturated rings. The molecule has 0 unspecified atom stereocenters. The fourth-order valence-electron chi connectivity index (χ4n) is 8.25. The Labute approximate surface area is 340 Å². The molecule has 1 saturated heterocycles. The number of hydrogen-bond donors (Lipinski definition) is 3. The molecular weight excluding hydrogens is 803 g/mol. The van der Waals surface area contributed by atoms with Crippen LogP contribution in [0, 0.1) is 23.6 Å². The number of hydrogen-bond acceptors (Lipinski definition) is 9. The Morgan fingerprint density at radius 3 is 2.47 bits per heavy atom. The molecule has 3 heterocycles. The summed E-state index contributed by atoms with van der Waals surface area (Å²) in [6, 6.07) is 0.695. The minimum Gasteiger partial charge on any atom is -0.491 e. The summed E-state index contributed by atoms with van der Waals surface area (Å²) in [5.74, 6) is -5.67. The summed E-state index contributed by atoms with van der Waals surface area (Å²) in [6.45, 7) is 7.59. The number of halogens is 4. The summed E-state index contributed by atoms with van der Waals surface area (Å²) in [6.07, 6.45) is -1.91. The number of benzene rings is 1. The Bertz CT molecular complexity index is 2150. The zero-order chi connectivity index (χ0) is 43.5. The third-order valence-electron chi connectivity index (χ3n) is 12.3. The summed E-state index contributed by atoms with van der Waals surface area (Å²) >= 11 is 0. The van der Waals surface area contributed by atoms with E-state index < -0.39 is 98.2 Å². The van der Waals surface area contributed by atoms with Gasteiger partial charge in [0.1, 0.15) is 29.3 Å². The van der Waals surface area contributed by atoms with Crippen LogP contribution in [0.3, 0.4) is 0 Å². The number of aromatic nitrogens is 1. The van der Waals surface area contributed by atoms with Gasteiger partial charge in [0.15, 0.2) is 11.6 Å². The fraction of sp³-hybridized carbons (Fsp3) is 0.625. The highest BCUT2D eigenvalue weighted by Crippen LogP contribution is 2.48. The summed E-state index contributed by atoms with van der Waals surface area (Å²) in [5, 5.41) is 13.8. The zero-order valence-corrected chi connectivity index (χ0v) is 34.6. The summed E-state index contributed by atoms with van der Waals surface area (Å²) in [5.41, 5.74) is -4.82. The molecule has 2 aliphatic heterocycles. The highest BCUT2D eigenvalue weighted by molar-refractivity contribution is 7.91. The zero-order valence-electron chi connectivity index (χ0n) is 33.8. The van der Waals surface area contributed by atoms with Gasteiger partial charge in [-0.3, -0.25) is 24.0 Å². The molecule has 324 valence electrons. The van der Waals surface area contributed by atoms with E-state index >= 15 is 4.39 Å². The van der Waals surface area contributed by atoms with E-state index in [4.69, 9.17) is 9.47 Å². The first-order chi connectivity index (χ1) is 27.5. The minimum atomic E-state index is -5.12. The molecule has 1 aromatic carbocycles. The second-order valence-corrected chi connectivity index (χ2v) is 19.4. The molecule has 4 aliphatic rings. The monoisotopic (exact) mass is 853 g/mol. The van der Waals surface area contributed by atoms with Gasteiger partial charge in [-0.2, -0.15) is 13.2 Å². The van der Waals surface area contributed by atoms with Gasteiger partial charge in [0.2, 0.25) is 27.7 Å². The molecule has 59 heavy (non-hydrogen) atoms. The molecule has 6 rings (SSSR count). The first-order valence-corrected chi connectivity index (χ1v) is 21.3. The van der Waals surface area contributed by atoms with Crippen molar-refractivity contribution in [2.45, 2.75) is 127 Å². The lowest BCUT2D eigenvalue weighted by molar-refractivity contribution is -0.222. The van der Waals surface area contributed by atoms with Crippen molar-refractivity contribution < 1.29 is 59.7 Å². The molecule has 0 spiro atoms. The Morgan fingerprint density at radius 1 is 1.15 bits per heavy atom. The second kappa shape index (κ2) is 15.7. The maximum absolute atomic E-state index is 15.1.